The van der Waals surface area contributed by atoms with Crippen LogP contribution in [0.4, 0.5) is 0 Å². The zero-order chi connectivity index (χ0) is 12.3. The molecule has 1 heterocycles. The molecule has 0 bridgehead atoms. The third-order valence-corrected chi connectivity index (χ3v) is 2.86. The molecule has 7 heteroatoms. The summed E-state index contributed by atoms with van der Waals surface area (Å²) in [5, 5.41) is 8.62. The Morgan fingerprint density at radius 3 is 2.50 bits per heavy atom. The van der Waals surface area contributed by atoms with Crippen molar-refractivity contribution in [1.82, 2.24) is 14.9 Å². The van der Waals surface area contributed by atoms with E-state index < -0.39 is 0 Å². The Labute approximate surface area is 98.7 Å². The molecular formula is C9H17N5OS. The van der Waals surface area contributed by atoms with Gasteiger partial charge >= 0.3 is 0 Å². The molecule has 6 nitrogen and oxygen atoms in total. The van der Waals surface area contributed by atoms with Gasteiger partial charge in [0.25, 0.3) is 0 Å². The summed E-state index contributed by atoms with van der Waals surface area (Å²) in [6.45, 7) is 6.04. The summed E-state index contributed by atoms with van der Waals surface area (Å²) in [6.07, 6.45) is 0.308. The van der Waals surface area contributed by atoms with E-state index in [-0.39, 0.29) is 11.3 Å². The third kappa shape index (κ3) is 3.13. The maximum atomic E-state index is 10.6. The average molecular weight is 243 g/mol. The van der Waals surface area contributed by atoms with Gasteiger partial charge in [-0.3, -0.25) is 4.79 Å². The minimum Gasteiger partial charge on any atom is -0.370 e. The highest BCUT2D eigenvalue weighted by atomic mass is 32.2. The lowest BCUT2D eigenvalue weighted by Gasteiger charge is -2.16. The van der Waals surface area contributed by atoms with Gasteiger partial charge in [0, 0.05) is 17.6 Å². The van der Waals surface area contributed by atoms with E-state index in [0.29, 0.717) is 23.2 Å². The predicted octanol–water partition coefficient (Wildman–Crippen LogP) is 0.257. The number of nitrogens with zero attached hydrogens (tertiary/aromatic N) is 3. The fourth-order valence-electron chi connectivity index (χ4n) is 1.13. The van der Waals surface area contributed by atoms with Crippen LogP contribution in [-0.2, 0) is 10.2 Å². The first kappa shape index (κ1) is 12.8. The minimum atomic E-state index is -0.327. The monoisotopic (exact) mass is 243 g/mol. The highest BCUT2D eigenvalue weighted by molar-refractivity contribution is 7.99. The fraction of sp³-hybridized carbons (Fsp3) is 0.667. The van der Waals surface area contributed by atoms with Gasteiger partial charge < -0.3 is 11.6 Å². The number of thioether (sulfide) groups is 1. The van der Waals surface area contributed by atoms with Crippen molar-refractivity contribution in [2.24, 2.45) is 5.73 Å². The average Bonchev–Trinajstić information content (AvgIpc) is 2.46. The summed E-state index contributed by atoms with van der Waals surface area (Å²) in [5.74, 6) is 6.81. The molecule has 1 amide bonds. The number of amides is 1. The first-order valence-corrected chi connectivity index (χ1v) is 5.93. The van der Waals surface area contributed by atoms with Gasteiger partial charge in [0.1, 0.15) is 0 Å². The standard InChI is InChI=1S/C9H17N5OS/c1-9(2,3)7-12-13-8(14(7)11)16-5-4-6(10)15/h4-5,11H2,1-3H3,(H2,10,15). The Morgan fingerprint density at radius 1 is 1.44 bits per heavy atom. The van der Waals surface area contributed by atoms with Crippen molar-refractivity contribution in [2.75, 3.05) is 11.6 Å². The minimum absolute atomic E-state index is 0.149. The first-order valence-electron chi connectivity index (χ1n) is 4.94. The van der Waals surface area contributed by atoms with Crippen molar-refractivity contribution >= 4 is 17.7 Å². The lowest BCUT2D eigenvalue weighted by molar-refractivity contribution is -0.117. The van der Waals surface area contributed by atoms with Crippen molar-refractivity contribution < 1.29 is 4.79 Å². The predicted molar refractivity (Wildman–Crippen MR) is 63.4 cm³/mol. The largest absolute Gasteiger partial charge is 0.370 e. The van der Waals surface area contributed by atoms with Crippen LogP contribution in [0.1, 0.15) is 33.0 Å². The number of carbonyl (C=O) groups is 1. The van der Waals surface area contributed by atoms with E-state index >= 15 is 0 Å². The van der Waals surface area contributed by atoms with Crippen molar-refractivity contribution in [3.8, 4) is 0 Å². The van der Waals surface area contributed by atoms with Crippen molar-refractivity contribution in [3.05, 3.63) is 5.82 Å². The topological polar surface area (TPSA) is 99.8 Å². The molecule has 0 radical (unpaired) electrons. The molecule has 0 aliphatic carbocycles. The lowest BCUT2D eigenvalue weighted by Crippen LogP contribution is -2.24. The van der Waals surface area contributed by atoms with Gasteiger partial charge in [-0.05, 0) is 0 Å². The van der Waals surface area contributed by atoms with E-state index in [1.807, 2.05) is 20.8 Å². The molecule has 1 rings (SSSR count). The van der Waals surface area contributed by atoms with Crippen molar-refractivity contribution in [3.63, 3.8) is 0 Å². The normalized spacial score (nSPS) is 11.7. The first-order chi connectivity index (χ1) is 7.32. The van der Waals surface area contributed by atoms with E-state index in [2.05, 4.69) is 10.2 Å². The molecule has 1 aromatic rings. The maximum Gasteiger partial charge on any atom is 0.218 e. The number of nitrogen functional groups attached to an aromatic ring is 1. The van der Waals surface area contributed by atoms with Crippen LogP contribution in [0, 0.1) is 0 Å². The Morgan fingerprint density at radius 2 is 2.06 bits per heavy atom. The Hall–Kier alpha value is -1.24. The highest BCUT2D eigenvalue weighted by Crippen LogP contribution is 2.23. The number of hydrogen-bond donors (Lipinski definition) is 2. The smallest absolute Gasteiger partial charge is 0.218 e. The van der Waals surface area contributed by atoms with Gasteiger partial charge in [0.05, 0.1) is 0 Å². The quantitative estimate of drug-likeness (QED) is 0.583. The molecule has 0 saturated heterocycles. The number of primary amides is 1. The van der Waals surface area contributed by atoms with Gasteiger partial charge in [-0.1, -0.05) is 32.5 Å². The van der Waals surface area contributed by atoms with E-state index in [1.54, 1.807) is 0 Å². The van der Waals surface area contributed by atoms with E-state index in [1.165, 1.54) is 16.4 Å². The fourth-order valence-corrected chi connectivity index (χ4v) is 1.94. The Kier molecular flexibility index (Phi) is 3.79. The van der Waals surface area contributed by atoms with Gasteiger partial charge in [-0.15, -0.1) is 10.2 Å². The molecule has 0 aliphatic heterocycles. The molecule has 16 heavy (non-hydrogen) atoms. The van der Waals surface area contributed by atoms with Crippen LogP contribution < -0.4 is 11.6 Å². The van der Waals surface area contributed by atoms with Crippen molar-refractivity contribution in [2.45, 2.75) is 37.8 Å². The summed E-state index contributed by atoms with van der Waals surface area (Å²) in [7, 11) is 0. The van der Waals surface area contributed by atoms with Crippen LogP contribution >= 0.6 is 11.8 Å². The molecule has 0 saturated carbocycles. The summed E-state index contributed by atoms with van der Waals surface area (Å²) >= 11 is 1.38. The molecule has 0 spiro atoms. The highest BCUT2D eigenvalue weighted by Gasteiger charge is 2.22. The molecule has 0 aliphatic rings. The zero-order valence-corrected chi connectivity index (χ0v) is 10.5. The van der Waals surface area contributed by atoms with Crippen LogP contribution in [0.25, 0.3) is 0 Å². The molecular weight excluding hydrogens is 226 g/mol. The molecule has 1 aromatic heterocycles. The number of aromatic nitrogens is 3. The zero-order valence-electron chi connectivity index (χ0n) is 9.73. The van der Waals surface area contributed by atoms with E-state index in [0.717, 1.165) is 0 Å². The number of rotatable bonds is 4. The maximum absolute atomic E-state index is 10.6. The Bertz CT molecular complexity index is 382. The van der Waals surface area contributed by atoms with Crippen LogP contribution in [0.15, 0.2) is 5.16 Å². The van der Waals surface area contributed by atoms with Crippen LogP contribution in [-0.4, -0.2) is 26.5 Å². The second-order valence-electron chi connectivity index (χ2n) is 4.49. The SMILES string of the molecule is CC(C)(C)c1nnc(SCCC(N)=O)n1N. The lowest BCUT2D eigenvalue weighted by atomic mass is 9.96. The molecule has 4 N–H and O–H groups in total. The number of carbonyl (C=O) groups excluding carboxylic acids is 1. The van der Waals surface area contributed by atoms with Gasteiger partial charge in [0.15, 0.2) is 5.82 Å². The summed E-state index contributed by atoms with van der Waals surface area (Å²) < 4.78 is 1.46. The van der Waals surface area contributed by atoms with Gasteiger partial charge in [-0.25, -0.2) is 4.68 Å². The molecule has 90 valence electrons. The van der Waals surface area contributed by atoms with Gasteiger partial charge in [-0.2, -0.15) is 0 Å². The van der Waals surface area contributed by atoms with E-state index in [4.69, 9.17) is 11.6 Å². The number of hydrogen-bond acceptors (Lipinski definition) is 5. The van der Waals surface area contributed by atoms with Crippen molar-refractivity contribution in [1.29, 1.82) is 0 Å². The summed E-state index contributed by atoms with van der Waals surface area (Å²) in [6, 6.07) is 0. The Balaban J connectivity index is 2.69. The van der Waals surface area contributed by atoms with Crippen LogP contribution in [0.2, 0.25) is 0 Å². The molecule has 0 unspecified atom stereocenters. The number of nitrogens with two attached hydrogens (primary N) is 2. The third-order valence-electron chi connectivity index (χ3n) is 1.91. The second kappa shape index (κ2) is 4.73. The summed E-state index contributed by atoms with van der Waals surface area (Å²) in [4.78, 5) is 10.6. The van der Waals surface area contributed by atoms with Gasteiger partial charge in [0.2, 0.25) is 11.1 Å². The molecule has 0 aromatic carbocycles. The van der Waals surface area contributed by atoms with Crippen LogP contribution in [0.5, 0.6) is 0 Å². The van der Waals surface area contributed by atoms with E-state index in [9.17, 15) is 4.79 Å². The van der Waals surface area contributed by atoms with Crippen LogP contribution in [0.3, 0.4) is 0 Å². The summed E-state index contributed by atoms with van der Waals surface area (Å²) in [5.41, 5.74) is 4.89. The molecule has 0 atom stereocenters. The molecule has 0 fully saturated rings. The second-order valence-corrected chi connectivity index (χ2v) is 5.55.